The Labute approximate surface area is 154 Å². The molecule has 26 heavy (non-hydrogen) atoms. The molecular formula is C22H25N3O. The van der Waals surface area contributed by atoms with E-state index in [2.05, 4.69) is 42.5 Å². The van der Waals surface area contributed by atoms with E-state index in [4.69, 9.17) is 0 Å². The van der Waals surface area contributed by atoms with Gasteiger partial charge in [0.1, 0.15) is 0 Å². The van der Waals surface area contributed by atoms with Gasteiger partial charge in [-0.3, -0.25) is 4.79 Å². The molecule has 0 saturated carbocycles. The zero-order chi connectivity index (χ0) is 18.8. The van der Waals surface area contributed by atoms with Crippen LogP contribution in [-0.4, -0.2) is 15.7 Å². The second-order valence-electron chi connectivity index (χ2n) is 6.92. The van der Waals surface area contributed by atoms with Gasteiger partial charge in [0.2, 0.25) is 5.91 Å². The van der Waals surface area contributed by atoms with Gasteiger partial charge in [0.05, 0.1) is 17.8 Å². The summed E-state index contributed by atoms with van der Waals surface area (Å²) in [5.74, 6) is -0.0281. The fraction of sp³-hybridized carbons (Fsp3) is 0.273. The van der Waals surface area contributed by atoms with Gasteiger partial charge in [0, 0.05) is 16.9 Å². The average molecular weight is 347 g/mol. The third-order valence-electron chi connectivity index (χ3n) is 4.85. The van der Waals surface area contributed by atoms with Crippen LogP contribution in [0.5, 0.6) is 0 Å². The lowest BCUT2D eigenvalue weighted by Crippen LogP contribution is -2.15. The highest BCUT2D eigenvalue weighted by atomic mass is 16.1. The average Bonchev–Trinajstić information content (AvgIpc) is 2.87. The fourth-order valence-electron chi connectivity index (χ4n) is 3.04. The SMILES string of the molecule is Cc1ccc(NC(=O)Cc2c(C)nn(-c3ccc(C)c(C)c3)c2C)cc1. The van der Waals surface area contributed by atoms with Crippen molar-refractivity contribution in [3.63, 3.8) is 0 Å². The number of benzene rings is 2. The van der Waals surface area contributed by atoms with E-state index in [0.717, 1.165) is 28.3 Å². The zero-order valence-corrected chi connectivity index (χ0v) is 16.1. The van der Waals surface area contributed by atoms with Crippen LogP contribution in [0.1, 0.15) is 33.6 Å². The standard InChI is InChI=1S/C22H25N3O/c1-14-6-9-19(10-7-14)23-22(26)13-21-17(4)24-25(18(21)5)20-11-8-15(2)16(3)12-20/h6-12H,13H2,1-5H3,(H,23,26). The molecule has 0 radical (unpaired) electrons. The minimum atomic E-state index is -0.0281. The Morgan fingerprint density at radius 1 is 0.962 bits per heavy atom. The largest absolute Gasteiger partial charge is 0.326 e. The Morgan fingerprint density at radius 2 is 1.65 bits per heavy atom. The van der Waals surface area contributed by atoms with Gasteiger partial charge in [-0.25, -0.2) is 4.68 Å². The van der Waals surface area contributed by atoms with Crippen molar-refractivity contribution in [2.45, 2.75) is 41.0 Å². The minimum Gasteiger partial charge on any atom is -0.326 e. The lowest BCUT2D eigenvalue weighted by atomic mass is 10.1. The molecule has 1 heterocycles. The molecule has 1 aromatic heterocycles. The number of hydrogen-bond donors (Lipinski definition) is 1. The minimum absolute atomic E-state index is 0.0281. The van der Waals surface area contributed by atoms with E-state index in [0.29, 0.717) is 6.42 Å². The van der Waals surface area contributed by atoms with Gasteiger partial charge in [-0.2, -0.15) is 5.10 Å². The molecule has 1 amide bonds. The first kappa shape index (κ1) is 17.9. The summed E-state index contributed by atoms with van der Waals surface area (Å²) in [4.78, 5) is 12.5. The first-order valence-corrected chi connectivity index (χ1v) is 8.84. The van der Waals surface area contributed by atoms with Crippen LogP contribution in [0.4, 0.5) is 5.69 Å². The number of nitrogens with one attached hydrogen (secondary N) is 1. The molecule has 134 valence electrons. The summed E-state index contributed by atoms with van der Waals surface area (Å²) in [7, 11) is 0. The van der Waals surface area contributed by atoms with E-state index in [1.54, 1.807) is 0 Å². The monoisotopic (exact) mass is 347 g/mol. The third-order valence-corrected chi connectivity index (χ3v) is 4.85. The van der Waals surface area contributed by atoms with Gasteiger partial charge >= 0.3 is 0 Å². The summed E-state index contributed by atoms with van der Waals surface area (Å²) in [5, 5.41) is 7.62. The van der Waals surface area contributed by atoms with Crippen LogP contribution >= 0.6 is 0 Å². The quantitative estimate of drug-likeness (QED) is 0.750. The molecule has 0 aliphatic heterocycles. The Hall–Kier alpha value is -2.88. The Morgan fingerprint density at radius 3 is 2.31 bits per heavy atom. The zero-order valence-electron chi connectivity index (χ0n) is 16.1. The van der Waals surface area contributed by atoms with Gasteiger partial charge in [-0.1, -0.05) is 23.8 Å². The van der Waals surface area contributed by atoms with Crippen LogP contribution in [0.15, 0.2) is 42.5 Å². The molecule has 4 nitrogen and oxygen atoms in total. The maximum atomic E-state index is 12.5. The molecule has 0 atom stereocenters. The highest BCUT2D eigenvalue weighted by molar-refractivity contribution is 5.92. The van der Waals surface area contributed by atoms with Crippen LogP contribution in [0.2, 0.25) is 0 Å². The van der Waals surface area contributed by atoms with Crippen LogP contribution in [0.3, 0.4) is 0 Å². The van der Waals surface area contributed by atoms with Crippen LogP contribution in [-0.2, 0) is 11.2 Å². The predicted octanol–water partition coefficient (Wildman–Crippen LogP) is 4.60. The number of carbonyl (C=O) groups excluding carboxylic acids is 1. The predicted molar refractivity (Wildman–Crippen MR) is 106 cm³/mol. The molecule has 0 fully saturated rings. The molecule has 3 rings (SSSR count). The molecule has 2 aromatic carbocycles. The summed E-state index contributed by atoms with van der Waals surface area (Å²) < 4.78 is 1.93. The van der Waals surface area contributed by atoms with E-state index in [1.807, 2.05) is 49.7 Å². The number of aromatic nitrogens is 2. The van der Waals surface area contributed by atoms with Crippen LogP contribution < -0.4 is 5.32 Å². The van der Waals surface area contributed by atoms with E-state index >= 15 is 0 Å². The number of anilines is 1. The maximum absolute atomic E-state index is 12.5. The van der Waals surface area contributed by atoms with Gasteiger partial charge < -0.3 is 5.32 Å². The van der Waals surface area contributed by atoms with Crippen molar-refractivity contribution in [2.75, 3.05) is 5.32 Å². The van der Waals surface area contributed by atoms with Crippen molar-refractivity contribution in [3.05, 3.63) is 76.1 Å². The smallest absolute Gasteiger partial charge is 0.228 e. The number of rotatable bonds is 4. The Balaban J connectivity index is 1.82. The van der Waals surface area contributed by atoms with Crippen LogP contribution in [0, 0.1) is 34.6 Å². The van der Waals surface area contributed by atoms with E-state index in [9.17, 15) is 4.79 Å². The number of aryl methyl sites for hydroxylation is 4. The lowest BCUT2D eigenvalue weighted by molar-refractivity contribution is -0.115. The van der Waals surface area contributed by atoms with Crippen molar-refractivity contribution in [3.8, 4) is 5.69 Å². The summed E-state index contributed by atoms with van der Waals surface area (Å²) >= 11 is 0. The van der Waals surface area contributed by atoms with Gasteiger partial charge in [-0.05, 0) is 70.0 Å². The lowest BCUT2D eigenvalue weighted by Gasteiger charge is -2.09. The Kier molecular flexibility index (Phi) is 4.94. The molecule has 1 N–H and O–H groups in total. The Bertz CT molecular complexity index is 952. The molecule has 4 heteroatoms. The van der Waals surface area contributed by atoms with Crippen molar-refractivity contribution in [1.82, 2.24) is 9.78 Å². The molecule has 0 bridgehead atoms. The first-order valence-electron chi connectivity index (χ1n) is 8.84. The van der Waals surface area contributed by atoms with Gasteiger partial charge in [0.25, 0.3) is 0 Å². The van der Waals surface area contributed by atoms with E-state index in [1.165, 1.54) is 16.7 Å². The topological polar surface area (TPSA) is 46.9 Å². The van der Waals surface area contributed by atoms with Crippen molar-refractivity contribution in [1.29, 1.82) is 0 Å². The summed E-state index contributed by atoms with van der Waals surface area (Å²) in [5.41, 5.74) is 8.37. The second-order valence-corrected chi connectivity index (χ2v) is 6.92. The highest BCUT2D eigenvalue weighted by Crippen LogP contribution is 2.21. The third kappa shape index (κ3) is 3.69. The van der Waals surface area contributed by atoms with Crippen LogP contribution in [0.25, 0.3) is 5.69 Å². The number of carbonyl (C=O) groups is 1. The number of amides is 1. The summed E-state index contributed by atoms with van der Waals surface area (Å²) in [6.07, 6.45) is 0.316. The van der Waals surface area contributed by atoms with Crippen molar-refractivity contribution >= 4 is 11.6 Å². The molecule has 0 aliphatic carbocycles. The number of nitrogens with zero attached hydrogens (tertiary/aromatic N) is 2. The van der Waals surface area contributed by atoms with E-state index in [-0.39, 0.29) is 5.91 Å². The van der Waals surface area contributed by atoms with Crippen molar-refractivity contribution in [2.24, 2.45) is 0 Å². The number of hydrogen-bond acceptors (Lipinski definition) is 2. The molecule has 0 saturated heterocycles. The summed E-state index contributed by atoms with van der Waals surface area (Å²) in [6.45, 7) is 10.2. The fourth-order valence-corrected chi connectivity index (χ4v) is 3.04. The molecule has 3 aromatic rings. The van der Waals surface area contributed by atoms with E-state index < -0.39 is 0 Å². The van der Waals surface area contributed by atoms with Gasteiger partial charge in [0.15, 0.2) is 0 Å². The van der Waals surface area contributed by atoms with Crippen molar-refractivity contribution < 1.29 is 4.79 Å². The first-order chi connectivity index (χ1) is 12.3. The molecular weight excluding hydrogens is 322 g/mol. The maximum Gasteiger partial charge on any atom is 0.228 e. The molecule has 0 aliphatic rings. The molecule has 0 unspecified atom stereocenters. The highest BCUT2D eigenvalue weighted by Gasteiger charge is 2.16. The van der Waals surface area contributed by atoms with Gasteiger partial charge in [-0.15, -0.1) is 0 Å². The molecule has 0 spiro atoms. The normalized spacial score (nSPS) is 10.8. The summed E-state index contributed by atoms with van der Waals surface area (Å²) in [6, 6.07) is 14.1. The second kappa shape index (κ2) is 7.16.